The SMILES string of the molecule is N#Cc1ncc(C=CCNC(=O)OCc2ccccc2)cc1[N+](=O)[O-]. The van der Waals surface area contributed by atoms with Crippen molar-refractivity contribution in [1.29, 1.82) is 5.26 Å². The third kappa shape index (κ3) is 5.44. The number of benzene rings is 1. The molecule has 2 rings (SSSR count). The fraction of sp³-hybridized carbons (Fsp3) is 0.118. The van der Waals surface area contributed by atoms with Crippen LogP contribution in [-0.4, -0.2) is 22.5 Å². The second-order valence-electron chi connectivity index (χ2n) is 4.85. The van der Waals surface area contributed by atoms with Crippen LogP contribution < -0.4 is 5.32 Å². The average Bonchev–Trinajstić information content (AvgIpc) is 2.64. The van der Waals surface area contributed by atoms with E-state index in [9.17, 15) is 14.9 Å². The van der Waals surface area contributed by atoms with Crippen LogP contribution in [0.4, 0.5) is 10.5 Å². The number of nitrogens with zero attached hydrogens (tertiary/aromatic N) is 3. The molecule has 0 spiro atoms. The Morgan fingerprint density at radius 2 is 2.16 bits per heavy atom. The summed E-state index contributed by atoms with van der Waals surface area (Å²) < 4.78 is 5.04. The molecule has 1 aromatic carbocycles. The number of nitrogens with one attached hydrogen (secondary N) is 1. The molecule has 0 saturated carbocycles. The van der Waals surface area contributed by atoms with Gasteiger partial charge in [0.05, 0.1) is 4.92 Å². The second kappa shape index (κ2) is 8.79. The van der Waals surface area contributed by atoms with E-state index in [2.05, 4.69) is 10.3 Å². The lowest BCUT2D eigenvalue weighted by atomic mass is 10.2. The van der Waals surface area contributed by atoms with Gasteiger partial charge in [0.15, 0.2) is 0 Å². The van der Waals surface area contributed by atoms with Crippen LogP contribution >= 0.6 is 0 Å². The molecule has 1 heterocycles. The molecule has 1 amide bonds. The Kier molecular flexibility index (Phi) is 6.19. The molecule has 1 N–H and O–H groups in total. The highest BCUT2D eigenvalue weighted by Gasteiger charge is 2.14. The van der Waals surface area contributed by atoms with E-state index < -0.39 is 11.0 Å². The molecule has 8 nitrogen and oxygen atoms in total. The Morgan fingerprint density at radius 3 is 2.84 bits per heavy atom. The van der Waals surface area contributed by atoms with Crippen LogP contribution in [0.1, 0.15) is 16.8 Å². The van der Waals surface area contributed by atoms with Gasteiger partial charge in [-0.2, -0.15) is 5.26 Å². The molecule has 0 aliphatic rings. The average molecular weight is 338 g/mol. The maximum absolute atomic E-state index is 11.5. The first-order chi connectivity index (χ1) is 12.1. The van der Waals surface area contributed by atoms with Gasteiger partial charge in [-0.15, -0.1) is 0 Å². The molecule has 0 fully saturated rings. The topological polar surface area (TPSA) is 118 Å². The van der Waals surface area contributed by atoms with Crippen molar-refractivity contribution in [2.75, 3.05) is 6.54 Å². The number of alkyl carbamates (subject to hydrolysis) is 1. The summed E-state index contributed by atoms with van der Waals surface area (Å²) in [6.45, 7) is 0.351. The van der Waals surface area contributed by atoms with E-state index in [1.165, 1.54) is 12.3 Å². The minimum Gasteiger partial charge on any atom is -0.445 e. The fourth-order valence-electron chi connectivity index (χ4n) is 1.90. The molecule has 0 atom stereocenters. The van der Waals surface area contributed by atoms with Crippen molar-refractivity contribution in [2.24, 2.45) is 0 Å². The largest absolute Gasteiger partial charge is 0.445 e. The first-order valence-corrected chi connectivity index (χ1v) is 7.26. The normalized spacial score (nSPS) is 10.2. The summed E-state index contributed by atoms with van der Waals surface area (Å²) in [6, 6.07) is 12.2. The monoisotopic (exact) mass is 338 g/mol. The summed E-state index contributed by atoms with van der Waals surface area (Å²) in [5.41, 5.74) is 0.721. The number of aromatic nitrogens is 1. The number of hydrogen-bond acceptors (Lipinski definition) is 6. The predicted molar refractivity (Wildman–Crippen MR) is 89.3 cm³/mol. The van der Waals surface area contributed by atoms with E-state index >= 15 is 0 Å². The van der Waals surface area contributed by atoms with Gasteiger partial charge in [0.25, 0.3) is 0 Å². The maximum Gasteiger partial charge on any atom is 0.407 e. The highest BCUT2D eigenvalue weighted by molar-refractivity contribution is 5.67. The zero-order valence-electron chi connectivity index (χ0n) is 13.1. The van der Waals surface area contributed by atoms with Crippen molar-refractivity contribution in [3.63, 3.8) is 0 Å². The summed E-state index contributed by atoms with van der Waals surface area (Å²) in [6.07, 6.45) is 3.92. The standard InChI is InChI=1S/C17H14N4O4/c18-10-15-16(21(23)24)9-14(11-20-15)7-4-8-19-17(22)25-12-13-5-2-1-3-6-13/h1-7,9,11H,8,12H2,(H,19,22). The molecule has 126 valence electrons. The van der Waals surface area contributed by atoms with Gasteiger partial charge in [0.1, 0.15) is 12.7 Å². The molecule has 0 bridgehead atoms. The number of rotatable bonds is 6. The van der Waals surface area contributed by atoms with Crippen molar-refractivity contribution >= 4 is 17.9 Å². The van der Waals surface area contributed by atoms with Crippen molar-refractivity contribution < 1.29 is 14.5 Å². The van der Waals surface area contributed by atoms with Crippen molar-refractivity contribution in [3.05, 3.63) is 75.6 Å². The van der Waals surface area contributed by atoms with Gasteiger partial charge in [0.2, 0.25) is 5.69 Å². The molecule has 2 aromatic rings. The number of nitriles is 1. The summed E-state index contributed by atoms with van der Waals surface area (Å²) in [5, 5.41) is 22.2. The zero-order chi connectivity index (χ0) is 18.1. The first-order valence-electron chi connectivity index (χ1n) is 7.26. The van der Waals surface area contributed by atoms with Gasteiger partial charge in [-0.25, -0.2) is 9.78 Å². The van der Waals surface area contributed by atoms with Crippen molar-refractivity contribution in [2.45, 2.75) is 6.61 Å². The van der Waals surface area contributed by atoms with E-state index in [1.807, 2.05) is 30.3 Å². The first kappa shape index (κ1) is 17.6. The Balaban J connectivity index is 1.83. The van der Waals surface area contributed by atoms with Crippen LogP contribution in [0.15, 0.2) is 48.7 Å². The minimum absolute atomic E-state index is 0.169. The van der Waals surface area contributed by atoms with E-state index in [-0.39, 0.29) is 24.5 Å². The summed E-state index contributed by atoms with van der Waals surface area (Å²) in [7, 11) is 0. The number of pyridine rings is 1. The highest BCUT2D eigenvalue weighted by Crippen LogP contribution is 2.17. The Bertz CT molecular complexity index is 828. The lowest BCUT2D eigenvalue weighted by molar-refractivity contribution is -0.385. The molecule has 0 aliphatic carbocycles. The molecule has 0 saturated heterocycles. The smallest absolute Gasteiger partial charge is 0.407 e. The number of amides is 1. The quantitative estimate of drug-likeness (QED) is 0.639. The van der Waals surface area contributed by atoms with Crippen LogP contribution in [0.5, 0.6) is 0 Å². The lowest BCUT2D eigenvalue weighted by Gasteiger charge is -2.05. The van der Waals surface area contributed by atoms with E-state index in [4.69, 9.17) is 10.00 Å². The summed E-state index contributed by atoms with van der Waals surface area (Å²) in [5.74, 6) is 0. The van der Waals surface area contributed by atoms with Crippen LogP contribution in [0.25, 0.3) is 6.08 Å². The third-order valence-corrected chi connectivity index (χ3v) is 3.08. The number of nitro groups is 1. The third-order valence-electron chi connectivity index (χ3n) is 3.08. The van der Waals surface area contributed by atoms with Gasteiger partial charge in [0, 0.05) is 18.8 Å². The van der Waals surface area contributed by atoms with Gasteiger partial charge in [-0.3, -0.25) is 10.1 Å². The molecular weight excluding hydrogens is 324 g/mol. The van der Waals surface area contributed by atoms with Crippen LogP contribution in [0, 0.1) is 21.4 Å². The van der Waals surface area contributed by atoms with Gasteiger partial charge in [-0.1, -0.05) is 42.5 Å². The predicted octanol–water partition coefficient (Wildman–Crippen LogP) is 2.80. The summed E-state index contributed by atoms with van der Waals surface area (Å²) in [4.78, 5) is 25.5. The molecule has 0 aliphatic heterocycles. The number of hydrogen-bond donors (Lipinski definition) is 1. The molecule has 25 heavy (non-hydrogen) atoms. The molecule has 0 radical (unpaired) electrons. The number of carbonyl (C=O) groups excluding carboxylic acids is 1. The Morgan fingerprint density at radius 1 is 1.40 bits per heavy atom. The number of ether oxygens (including phenoxy) is 1. The van der Waals surface area contributed by atoms with E-state index in [0.29, 0.717) is 5.56 Å². The molecule has 0 unspecified atom stereocenters. The van der Waals surface area contributed by atoms with Gasteiger partial charge >= 0.3 is 11.8 Å². The van der Waals surface area contributed by atoms with Crippen molar-refractivity contribution in [3.8, 4) is 6.07 Å². The fourth-order valence-corrected chi connectivity index (χ4v) is 1.90. The summed E-state index contributed by atoms with van der Waals surface area (Å²) >= 11 is 0. The van der Waals surface area contributed by atoms with E-state index in [0.717, 1.165) is 5.56 Å². The Hall–Kier alpha value is -3.73. The van der Waals surface area contributed by atoms with E-state index in [1.54, 1.807) is 18.2 Å². The molecule has 8 heteroatoms. The highest BCUT2D eigenvalue weighted by atomic mass is 16.6. The lowest BCUT2D eigenvalue weighted by Crippen LogP contribution is -2.24. The minimum atomic E-state index is -0.665. The second-order valence-corrected chi connectivity index (χ2v) is 4.85. The van der Waals surface area contributed by atoms with Gasteiger partial charge < -0.3 is 10.1 Å². The maximum atomic E-state index is 11.5. The van der Waals surface area contributed by atoms with Crippen molar-refractivity contribution in [1.82, 2.24) is 10.3 Å². The number of carbonyl (C=O) groups is 1. The van der Waals surface area contributed by atoms with Crippen LogP contribution in [-0.2, 0) is 11.3 Å². The van der Waals surface area contributed by atoms with Crippen LogP contribution in [0.3, 0.4) is 0 Å². The van der Waals surface area contributed by atoms with Crippen LogP contribution in [0.2, 0.25) is 0 Å². The molecular formula is C17H14N4O4. The Labute approximate surface area is 143 Å². The molecule has 1 aromatic heterocycles. The zero-order valence-corrected chi connectivity index (χ0v) is 13.1. The van der Waals surface area contributed by atoms with Gasteiger partial charge in [-0.05, 0) is 11.1 Å².